The third-order valence-corrected chi connectivity index (χ3v) is 2.33. The lowest BCUT2D eigenvalue weighted by Gasteiger charge is -2.06. The van der Waals surface area contributed by atoms with E-state index in [1.807, 2.05) is 0 Å². The first-order chi connectivity index (χ1) is 7.22. The lowest BCUT2D eigenvalue weighted by Crippen LogP contribution is -1.98. The number of benzene rings is 1. The van der Waals surface area contributed by atoms with Crippen LogP contribution in [0.5, 0.6) is 0 Å². The van der Waals surface area contributed by atoms with Crippen LogP contribution in [0.4, 0.5) is 4.39 Å². The van der Waals surface area contributed by atoms with Gasteiger partial charge in [-0.15, -0.1) is 0 Å². The maximum absolute atomic E-state index is 13.3. The van der Waals surface area contributed by atoms with Crippen molar-refractivity contribution in [2.24, 2.45) is 0 Å². The zero-order valence-corrected chi connectivity index (χ0v) is 8.27. The molecule has 0 spiro atoms. The van der Waals surface area contributed by atoms with Gasteiger partial charge in [-0.05, 0) is 36.8 Å². The van der Waals surface area contributed by atoms with Gasteiger partial charge in [0.15, 0.2) is 6.29 Å². The molecular weight excluding hydrogens is 193 g/mol. The Balaban J connectivity index is 2.54. The van der Waals surface area contributed by atoms with Gasteiger partial charge in [0.05, 0.1) is 5.69 Å². The molecule has 2 nitrogen and oxygen atoms in total. The molecule has 0 amide bonds. The van der Waals surface area contributed by atoms with E-state index in [9.17, 15) is 9.18 Å². The predicted molar refractivity (Wildman–Crippen MR) is 55.9 cm³/mol. The summed E-state index contributed by atoms with van der Waals surface area (Å²) in [6, 6.07) is 8.33. The van der Waals surface area contributed by atoms with Crippen LogP contribution < -0.4 is 0 Å². The minimum absolute atomic E-state index is 0.266. The average Bonchev–Trinajstić information content (AvgIpc) is 2.70. The van der Waals surface area contributed by atoms with Crippen LogP contribution >= 0.6 is 0 Å². The normalized spacial score (nSPS) is 10.3. The fourth-order valence-corrected chi connectivity index (χ4v) is 1.46. The second kappa shape index (κ2) is 3.69. The molecule has 0 bridgehead atoms. The lowest BCUT2D eigenvalue weighted by atomic mass is 10.2. The third-order valence-electron chi connectivity index (χ3n) is 2.33. The van der Waals surface area contributed by atoms with Gasteiger partial charge in [0.1, 0.15) is 5.82 Å². The van der Waals surface area contributed by atoms with E-state index in [4.69, 9.17) is 0 Å². The molecule has 2 aromatic rings. The minimum atomic E-state index is -0.266. The molecule has 0 aliphatic carbocycles. The molecule has 0 radical (unpaired) electrons. The van der Waals surface area contributed by atoms with E-state index >= 15 is 0 Å². The second-order valence-electron chi connectivity index (χ2n) is 3.35. The highest BCUT2D eigenvalue weighted by atomic mass is 19.1. The first-order valence-electron chi connectivity index (χ1n) is 4.61. The van der Waals surface area contributed by atoms with Crippen LogP contribution in [0.15, 0.2) is 36.5 Å². The van der Waals surface area contributed by atoms with E-state index < -0.39 is 0 Å². The molecule has 0 unspecified atom stereocenters. The van der Waals surface area contributed by atoms with E-state index in [1.54, 1.807) is 42.0 Å². The quantitative estimate of drug-likeness (QED) is 0.688. The molecule has 1 heterocycles. The van der Waals surface area contributed by atoms with E-state index in [-0.39, 0.29) is 5.82 Å². The Bertz CT molecular complexity index is 502. The van der Waals surface area contributed by atoms with Crippen molar-refractivity contribution < 1.29 is 9.18 Å². The summed E-state index contributed by atoms with van der Waals surface area (Å²) in [5.74, 6) is -0.266. The first kappa shape index (κ1) is 9.65. The topological polar surface area (TPSA) is 22.0 Å². The number of hydrogen-bond donors (Lipinski definition) is 0. The molecule has 15 heavy (non-hydrogen) atoms. The Hall–Kier alpha value is -1.90. The molecule has 0 saturated carbocycles. The molecule has 1 aromatic heterocycles. The fraction of sp³-hybridized carbons (Fsp3) is 0.0833. The molecular formula is C12H10FNO. The van der Waals surface area contributed by atoms with Crippen molar-refractivity contribution >= 4 is 6.29 Å². The van der Waals surface area contributed by atoms with Crippen LogP contribution in [0.25, 0.3) is 5.69 Å². The molecule has 2 rings (SSSR count). The number of halogens is 1. The summed E-state index contributed by atoms with van der Waals surface area (Å²) >= 11 is 0. The number of nitrogens with zero attached hydrogens (tertiary/aromatic N) is 1. The Morgan fingerprint density at radius 1 is 1.33 bits per heavy atom. The zero-order chi connectivity index (χ0) is 10.8. The van der Waals surface area contributed by atoms with Gasteiger partial charge < -0.3 is 4.57 Å². The van der Waals surface area contributed by atoms with Crippen molar-refractivity contribution in [3.63, 3.8) is 0 Å². The van der Waals surface area contributed by atoms with E-state index in [1.165, 1.54) is 6.07 Å². The lowest BCUT2D eigenvalue weighted by molar-refractivity contribution is 0.111. The summed E-state index contributed by atoms with van der Waals surface area (Å²) in [6.07, 6.45) is 2.48. The number of aldehydes is 1. The Morgan fingerprint density at radius 3 is 2.80 bits per heavy atom. The largest absolute Gasteiger partial charge is 0.314 e. The fourth-order valence-electron chi connectivity index (χ4n) is 1.46. The predicted octanol–water partition coefficient (Wildman–Crippen LogP) is 2.74. The van der Waals surface area contributed by atoms with Crippen LogP contribution in [-0.4, -0.2) is 10.9 Å². The molecule has 0 N–H and O–H groups in total. The first-order valence-corrected chi connectivity index (χ1v) is 4.61. The van der Waals surface area contributed by atoms with E-state index in [0.29, 0.717) is 16.9 Å². The summed E-state index contributed by atoms with van der Waals surface area (Å²) in [4.78, 5) is 10.7. The maximum atomic E-state index is 13.3. The third kappa shape index (κ3) is 1.68. The van der Waals surface area contributed by atoms with Gasteiger partial charge in [-0.1, -0.05) is 6.07 Å². The van der Waals surface area contributed by atoms with Crippen molar-refractivity contribution in [1.29, 1.82) is 0 Å². The summed E-state index contributed by atoms with van der Waals surface area (Å²) in [7, 11) is 0. The van der Waals surface area contributed by atoms with Gasteiger partial charge in [0.25, 0.3) is 0 Å². The number of carbonyl (C=O) groups is 1. The highest BCUT2D eigenvalue weighted by Crippen LogP contribution is 2.15. The van der Waals surface area contributed by atoms with Crippen LogP contribution in [0.1, 0.15) is 16.1 Å². The maximum Gasteiger partial charge on any atom is 0.166 e. The molecule has 0 fully saturated rings. The number of hydrogen-bond acceptors (Lipinski definition) is 1. The van der Waals surface area contributed by atoms with Crippen LogP contribution in [0, 0.1) is 12.7 Å². The Morgan fingerprint density at radius 2 is 2.13 bits per heavy atom. The summed E-state index contributed by atoms with van der Waals surface area (Å²) in [6.45, 7) is 1.70. The molecule has 0 atom stereocenters. The molecule has 3 heteroatoms. The number of aryl methyl sites for hydroxylation is 1. The van der Waals surface area contributed by atoms with Crippen molar-refractivity contribution in [3.05, 3.63) is 53.6 Å². The summed E-state index contributed by atoms with van der Waals surface area (Å²) in [5, 5.41) is 0. The standard InChI is InChI=1S/C12H10FNO/c1-9-4-5-10(7-12(9)13)14-6-2-3-11(14)8-15/h2-8H,1H3. The van der Waals surface area contributed by atoms with Gasteiger partial charge >= 0.3 is 0 Å². The van der Waals surface area contributed by atoms with Crippen LogP contribution in [0.3, 0.4) is 0 Å². The van der Waals surface area contributed by atoms with E-state index in [0.717, 1.165) is 6.29 Å². The zero-order valence-electron chi connectivity index (χ0n) is 8.27. The molecule has 0 aliphatic heterocycles. The van der Waals surface area contributed by atoms with Crippen molar-refractivity contribution in [2.75, 3.05) is 0 Å². The van der Waals surface area contributed by atoms with E-state index in [2.05, 4.69) is 0 Å². The monoisotopic (exact) mass is 203 g/mol. The Labute approximate surface area is 87.0 Å². The number of carbonyl (C=O) groups excluding carboxylic acids is 1. The number of aromatic nitrogens is 1. The van der Waals surface area contributed by atoms with Crippen LogP contribution in [-0.2, 0) is 0 Å². The highest BCUT2D eigenvalue weighted by molar-refractivity contribution is 5.73. The van der Waals surface area contributed by atoms with Gasteiger partial charge in [-0.3, -0.25) is 4.79 Å². The molecule has 1 aromatic carbocycles. The molecule has 0 aliphatic rings. The van der Waals surface area contributed by atoms with Gasteiger partial charge in [-0.2, -0.15) is 0 Å². The molecule has 76 valence electrons. The van der Waals surface area contributed by atoms with Gasteiger partial charge in [0.2, 0.25) is 0 Å². The second-order valence-corrected chi connectivity index (χ2v) is 3.35. The van der Waals surface area contributed by atoms with Crippen molar-refractivity contribution in [1.82, 2.24) is 4.57 Å². The summed E-state index contributed by atoms with van der Waals surface area (Å²) < 4.78 is 15.0. The van der Waals surface area contributed by atoms with Crippen molar-refractivity contribution in [2.45, 2.75) is 6.92 Å². The van der Waals surface area contributed by atoms with Crippen molar-refractivity contribution in [3.8, 4) is 5.69 Å². The SMILES string of the molecule is Cc1ccc(-n2cccc2C=O)cc1F. The highest BCUT2D eigenvalue weighted by Gasteiger charge is 2.04. The minimum Gasteiger partial charge on any atom is -0.314 e. The number of rotatable bonds is 2. The van der Waals surface area contributed by atoms with Crippen LogP contribution in [0.2, 0.25) is 0 Å². The van der Waals surface area contributed by atoms with Gasteiger partial charge in [0, 0.05) is 11.9 Å². The molecule has 0 saturated heterocycles. The smallest absolute Gasteiger partial charge is 0.166 e. The van der Waals surface area contributed by atoms with Gasteiger partial charge in [-0.25, -0.2) is 4.39 Å². The Kier molecular flexibility index (Phi) is 2.37. The average molecular weight is 203 g/mol. The summed E-state index contributed by atoms with van der Waals surface area (Å²) in [5.41, 5.74) is 1.77.